The topological polar surface area (TPSA) is 90.0 Å². The van der Waals surface area contributed by atoms with Crippen LogP contribution in [0.15, 0.2) is 42.5 Å². The van der Waals surface area contributed by atoms with Crippen molar-refractivity contribution < 1.29 is 22.4 Å². The van der Waals surface area contributed by atoms with Crippen LogP contribution in [-0.4, -0.2) is 75.6 Å². The largest absolute Gasteiger partial charge is 0.336 e. The number of anilines is 2. The van der Waals surface area contributed by atoms with Gasteiger partial charge in [-0.1, -0.05) is 6.07 Å². The second kappa shape index (κ2) is 9.48. The Morgan fingerprint density at radius 3 is 2.48 bits per heavy atom. The van der Waals surface area contributed by atoms with Gasteiger partial charge in [-0.2, -0.15) is 0 Å². The van der Waals surface area contributed by atoms with Gasteiger partial charge in [0.2, 0.25) is 15.9 Å². The number of piperazine rings is 1. The minimum Gasteiger partial charge on any atom is -0.336 e. The first-order chi connectivity index (χ1) is 15.7. The molecule has 1 fully saturated rings. The number of nitrogens with zero attached hydrogens (tertiary/aromatic N) is 3. The van der Waals surface area contributed by atoms with Gasteiger partial charge in [0, 0.05) is 44.0 Å². The van der Waals surface area contributed by atoms with Gasteiger partial charge >= 0.3 is 0 Å². The van der Waals surface area contributed by atoms with Gasteiger partial charge < -0.3 is 10.2 Å². The second-order valence-electron chi connectivity index (χ2n) is 8.41. The van der Waals surface area contributed by atoms with Gasteiger partial charge in [-0.05, 0) is 54.8 Å². The third kappa shape index (κ3) is 5.51. The van der Waals surface area contributed by atoms with Crippen LogP contribution in [0.2, 0.25) is 0 Å². The van der Waals surface area contributed by atoms with Gasteiger partial charge in [0.15, 0.2) is 0 Å². The van der Waals surface area contributed by atoms with E-state index in [4.69, 9.17) is 0 Å². The van der Waals surface area contributed by atoms with E-state index in [0.717, 1.165) is 12.0 Å². The lowest BCUT2D eigenvalue weighted by Gasteiger charge is -2.35. The summed E-state index contributed by atoms with van der Waals surface area (Å²) in [6, 6.07) is 10.9. The summed E-state index contributed by atoms with van der Waals surface area (Å²) in [5.74, 6) is -0.741. The highest BCUT2D eigenvalue weighted by atomic mass is 32.2. The normalized spacial score (nSPS) is 16.9. The van der Waals surface area contributed by atoms with E-state index in [2.05, 4.69) is 5.32 Å². The molecule has 0 atom stereocenters. The van der Waals surface area contributed by atoms with Crippen LogP contribution in [0.4, 0.5) is 15.8 Å². The van der Waals surface area contributed by atoms with Crippen LogP contribution in [0, 0.1) is 5.82 Å². The number of aryl methyl sites for hydroxylation is 1. The average Bonchev–Trinajstić information content (AvgIpc) is 2.77. The number of fused-ring (bicyclic) bond motifs is 1. The standard InChI is InChI=1S/C23H27FN4O4S/c1-33(31,32)28-9-3-4-17-14-18(7-8-21(17)28)23(30)27-12-10-26(11-13-27)16-22(29)25-20-6-2-5-19(24)15-20/h2,5-8,14-15H,3-4,9-13,16H2,1H3,(H,25,29). The summed E-state index contributed by atoms with van der Waals surface area (Å²) in [6.45, 7) is 2.69. The first-order valence-electron chi connectivity index (χ1n) is 10.9. The summed E-state index contributed by atoms with van der Waals surface area (Å²) in [5.41, 5.74) is 2.47. The lowest BCUT2D eigenvalue weighted by Crippen LogP contribution is -2.50. The van der Waals surface area contributed by atoms with E-state index in [9.17, 15) is 22.4 Å². The van der Waals surface area contributed by atoms with Gasteiger partial charge in [-0.15, -0.1) is 0 Å². The Kier molecular flexibility index (Phi) is 6.66. The molecule has 0 radical (unpaired) electrons. The molecule has 0 unspecified atom stereocenters. The van der Waals surface area contributed by atoms with Gasteiger partial charge in [-0.3, -0.25) is 18.8 Å². The maximum absolute atomic E-state index is 13.3. The van der Waals surface area contributed by atoms with Crippen molar-refractivity contribution >= 4 is 33.2 Å². The van der Waals surface area contributed by atoms with Crippen molar-refractivity contribution in [3.63, 3.8) is 0 Å². The number of halogens is 1. The summed E-state index contributed by atoms with van der Waals surface area (Å²) >= 11 is 0. The molecule has 33 heavy (non-hydrogen) atoms. The minimum atomic E-state index is -3.35. The van der Waals surface area contributed by atoms with Crippen LogP contribution in [0.1, 0.15) is 22.3 Å². The molecule has 0 spiro atoms. The molecule has 1 saturated heterocycles. The number of sulfonamides is 1. The number of rotatable bonds is 5. The molecule has 2 aromatic rings. The fraction of sp³-hybridized carbons (Fsp3) is 0.391. The maximum Gasteiger partial charge on any atom is 0.253 e. The quantitative estimate of drug-likeness (QED) is 0.715. The van der Waals surface area contributed by atoms with Crippen molar-refractivity contribution in [3.05, 3.63) is 59.4 Å². The molecule has 2 amide bonds. The fourth-order valence-electron chi connectivity index (χ4n) is 4.30. The number of amides is 2. The van der Waals surface area contributed by atoms with Crippen LogP contribution < -0.4 is 9.62 Å². The second-order valence-corrected chi connectivity index (χ2v) is 10.3. The van der Waals surface area contributed by atoms with Crippen molar-refractivity contribution in [2.45, 2.75) is 12.8 Å². The summed E-state index contributed by atoms with van der Waals surface area (Å²) in [6.07, 6.45) is 2.64. The molecule has 4 rings (SSSR count). The Bertz CT molecular complexity index is 1160. The molecule has 2 aliphatic rings. The smallest absolute Gasteiger partial charge is 0.253 e. The molecular weight excluding hydrogens is 447 g/mol. The zero-order chi connectivity index (χ0) is 23.6. The van der Waals surface area contributed by atoms with E-state index < -0.39 is 15.8 Å². The molecule has 2 aromatic carbocycles. The monoisotopic (exact) mass is 474 g/mol. The summed E-state index contributed by atoms with van der Waals surface area (Å²) < 4.78 is 38.7. The van der Waals surface area contributed by atoms with Crippen LogP contribution in [0.5, 0.6) is 0 Å². The number of carbonyl (C=O) groups is 2. The summed E-state index contributed by atoms with van der Waals surface area (Å²) in [4.78, 5) is 29.0. The molecule has 0 aliphatic carbocycles. The zero-order valence-corrected chi connectivity index (χ0v) is 19.3. The molecule has 10 heteroatoms. The predicted molar refractivity (Wildman–Crippen MR) is 124 cm³/mol. The Balaban J connectivity index is 1.33. The van der Waals surface area contributed by atoms with E-state index in [-0.39, 0.29) is 18.4 Å². The molecule has 0 bridgehead atoms. The van der Waals surface area contributed by atoms with Gasteiger partial charge in [-0.25, -0.2) is 12.8 Å². The molecular formula is C23H27FN4O4S. The Morgan fingerprint density at radius 2 is 1.79 bits per heavy atom. The Labute approximate surface area is 193 Å². The van der Waals surface area contributed by atoms with E-state index in [0.29, 0.717) is 56.1 Å². The average molecular weight is 475 g/mol. The third-order valence-corrected chi connectivity index (χ3v) is 7.12. The number of benzene rings is 2. The van der Waals surface area contributed by atoms with E-state index in [1.807, 2.05) is 4.90 Å². The fourth-order valence-corrected chi connectivity index (χ4v) is 5.30. The van der Waals surface area contributed by atoms with Crippen molar-refractivity contribution in [1.82, 2.24) is 9.80 Å². The molecule has 2 aliphatic heterocycles. The van der Waals surface area contributed by atoms with Crippen LogP contribution in [0.3, 0.4) is 0 Å². The first-order valence-corrected chi connectivity index (χ1v) is 12.7. The van der Waals surface area contributed by atoms with Crippen molar-refractivity contribution in [2.75, 3.05) is 55.1 Å². The minimum absolute atomic E-state index is 0.0989. The molecule has 2 heterocycles. The zero-order valence-electron chi connectivity index (χ0n) is 18.5. The highest BCUT2D eigenvalue weighted by Gasteiger charge is 2.27. The van der Waals surface area contributed by atoms with Crippen LogP contribution in [-0.2, 0) is 21.2 Å². The number of carbonyl (C=O) groups excluding carboxylic acids is 2. The first kappa shape index (κ1) is 23.2. The van der Waals surface area contributed by atoms with E-state index >= 15 is 0 Å². The van der Waals surface area contributed by atoms with Crippen molar-refractivity contribution in [2.24, 2.45) is 0 Å². The molecule has 0 saturated carbocycles. The van der Waals surface area contributed by atoms with Crippen LogP contribution >= 0.6 is 0 Å². The Morgan fingerprint density at radius 1 is 1.03 bits per heavy atom. The number of hydrogen-bond acceptors (Lipinski definition) is 5. The van der Waals surface area contributed by atoms with E-state index in [1.165, 1.54) is 28.8 Å². The number of hydrogen-bond donors (Lipinski definition) is 1. The lowest BCUT2D eigenvalue weighted by atomic mass is 10.00. The summed E-state index contributed by atoms with van der Waals surface area (Å²) in [5, 5.41) is 2.69. The highest BCUT2D eigenvalue weighted by molar-refractivity contribution is 7.92. The SMILES string of the molecule is CS(=O)(=O)N1CCCc2cc(C(=O)N3CCN(CC(=O)Nc4cccc(F)c4)CC3)ccc21. The lowest BCUT2D eigenvalue weighted by molar-refractivity contribution is -0.117. The van der Waals surface area contributed by atoms with Crippen molar-refractivity contribution in [3.8, 4) is 0 Å². The predicted octanol–water partition coefficient (Wildman–Crippen LogP) is 1.93. The van der Waals surface area contributed by atoms with Gasteiger partial charge in [0.1, 0.15) is 5.82 Å². The molecule has 8 nitrogen and oxygen atoms in total. The van der Waals surface area contributed by atoms with Crippen LogP contribution in [0.25, 0.3) is 0 Å². The molecule has 1 N–H and O–H groups in total. The van der Waals surface area contributed by atoms with Gasteiger partial charge in [0.05, 0.1) is 18.5 Å². The maximum atomic E-state index is 13.3. The van der Waals surface area contributed by atoms with Crippen molar-refractivity contribution in [1.29, 1.82) is 0 Å². The number of nitrogens with one attached hydrogen (secondary N) is 1. The van der Waals surface area contributed by atoms with E-state index in [1.54, 1.807) is 29.2 Å². The highest BCUT2D eigenvalue weighted by Crippen LogP contribution is 2.30. The van der Waals surface area contributed by atoms with Gasteiger partial charge in [0.25, 0.3) is 5.91 Å². The molecule has 0 aromatic heterocycles. The Hall–Kier alpha value is -2.98. The third-order valence-electron chi connectivity index (χ3n) is 5.94. The molecule has 176 valence electrons. The summed E-state index contributed by atoms with van der Waals surface area (Å²) in [7, 11) is -3.35.